The molecular weight excluding hydrogens is 1270 g/mol. The SMILES string of the molecule is COc1cccc(-c2c(C)c(Cc3c(F)cccc3C(F)(F)F)c3n(c2=O)C(C(NCCOCC(=O)O)c2ccccc2)CN3)c1F.COc1cccc(-c2c(C)c(Cc3c(F)cccc3C(F)(F)F)c3n(c2=O)[C@H](C(NCCOCC(=O)[O-])c2ccccc2)CN3)c1F.[Na+]. The monoisotopic (exact) mass is 1340 g/mol. The van der Waals surface area contributed by atoms with Gasteiger partial charge in [-0.15, -0.1) is 0 Å². The maximum Gasteiger partial charge on any atom is 1.00 e. The van der Waals surface area contributed by atoms with Gasteiger partial charge in [0.05, 0.1) is 86.4 Å². The minimum atomic E-state index is -4.86. The number of methoxy groups -OCH3 is 2. The summed E-state index contributed by atoms with van der Waals surface area (Å²) in [5.74, 6) is -6.25. The molecular formula is C68H63F10N6NaO10. The summed E-state index contributed by atoms with van der Waals surface area (Å²) in [5.41, 5.74) is -3.01. The quantitative estimate of drug-likeness (QED) is 0.0222. The van der Waals surface area contributed by atoms with Gasteiger partial charge < -0.3 is 55.2 Å². The first-order valence-electron chi connectivity index (χ1n) is 29.4. The molecule has 4 atom stereocenters. The summed E-state index contributed by atoms with van der Waals surface area (Å²) >= 11 is 0. The average Bonchev–Trinajstić information content (AvgIpc) is 1.69. The molecule has 0 radical (unpaired) electrons. The van der Waals surface area contributed by atoms with Crippen LogP contribution in [0, 0.1) is 37.1 Å². The topological polar surface area (TPSA) is 206 Å². The van der Waals surface area contributed by atoms with Crippen LogP contribution in [-0.4, -0.2) is 93.0 Å². The Hall–Kier alpha value is -8.50. The van der Waals surface area contributed by atoms with Crippen molar-refractivity contribution in [2.75, 3.05) is 77.5 Å². The molecule has 3 unspecified atom stereocenters. The van der Waals surface area contributed by atoms with Crippen LogP contribution in [0.25, 0.3) is 22.3 Å². The number of nitrogens with zero attached hydrogens (tertiary/aromatic N) is 2. The molecule has 4 heterocycles. The zero-order valence-corrected chi connectivity index (χ0v) is 53.9. The first-order chi connectivity index (χ1) is 44.9. The molecule has 0 saturated heterocycles. The number of carbonyl (C=O) groups excluding carboxylic acids is 1. The molecule has 2 aliphatic rings. The van der Waals surface area contributed by atoms with Crippen molar-refractivity contribution in [2.24, 2.45) is 0 Å². The summed E-state index contributed by atoms with van der Waals surface area (Å²) in [5, 5.41) is 32.6. The summed E-state index contributed by atoms with van der Waals surface area (Å²) in [4.78, 5) is 50.6. The molecule has 27 heteroatoms. The van der Waals surface area contributed by atoms with Crippen LogP contribution in [0.15, 0.2) is 143 Å². The Labute approximate surface area is 560 Å². The molecule has 496 valence electrons. The van der Waals surface area contributed by atoms with Gasteiger partial charge in [-0.05, 0) is 72.5 Å². The number of anilines is 2. The number of nitrogens with one attached hydrogen (secondary N) is 4. The van der Waals surface area contributed by atoms with Crippen molar-refractivity contribution >= 4 is 23.6 Å². The number of rotatable bonds is 24. The van der Waals surface area contributed by atoms with E-state index in [-0.39, 0.29) is 137 Å². The number of ether oxygens (including phenoxy) is 4. The fourth-order valence-electron chi connectivity index (χ4n) is 12.2. The van der Waals surface area contributed by atoms with Gasteiger partial charge in [0.2, 0.25) is 0 Å². The van der Waals surface area contributed by atoms with E-state index >= 15 is 17.6 Å². The minimum Gasteiger partial charge on any atom is -0.548 e. The van der Waals surface area contributed by atoms with Gasteiger partial charge in [0.15, 0.2) is 23.1 Å². The summed E-state index contributed by atoms with van der Waals surface area (Å²) in [7, 11) is 2.53. The zero-order chi connectivity index (χ0) is 67.8. The van der Waals surface area contributed by atoms with E-state index < -0.39 is 131 Å². The number of carboxylic acid groups (broad SMARTS) is 2. The third-order valence-corrected chi connectivity index (χ3v) is 16.4. The number of carboxylic acids is 2. The Morgan fingerprint density at radius 3 is 1.31 bits per heavy atom. The number of hydrogen-bond donors (Lipinski definition) is 5. The molecule has 2 aliphatic heterocycles. The molecule has 0 fully saturated rings. The average molecular weight is 1340 g/mol. The Balaban J connectivity index is 0.000000241. The van der Waals surface area contributed by atoms with Crippen molar-refractivity contribution in [2.45, 2.75) is 63.2 Å². The predicted molar refractivity (Wildman–Crippen MR) is 327 cm³/mol. The Morgan fingerprint density at radius 1 is 0.568 bits per heavy atom. The summed E-state index contributed by atoms with van der Waals surface area (Å²) < 4.78 is 170. The van der Waals surface area contributed by atoms with E-state index in [1.807, 2.05) is 24.3 Å². The van der Waals surface area contributed by atoms with Crippen LogP contribution in [0.1, 0.15) is 79.8 Å². The fraction of sp³-hybridized carbons (Fsp3) is 0.294. The molecule has 2 aromatic heterocycles. The number of aromatic nitrogens is 2. The Kier molecular flexibility index (Phi) is 23.9. The fourth-order valence-corrected chi connectivity index (χ4v) is 12.2. The molecule has 95 heavy (non-hydrogen) atoms. The number of pyridine rings is 2. The molecule has 0 spiro atoms. The summed E-state index contributed by atoms with van der Waals surface area (Å²) in [6.45, 7) is 2.52. The van der Waals surface area contributed by atoms with Crippen LogP contribution >= 0.6 is 0 Å². The van der Waals surface area contributed by atoms with E-state index in [1.165, 1.54) is 73.6 Å². The van der Waals surface area contributed by atoms with Crippen molar-refractivity contribution < 1.29 is 112 Å². The van der Waals surface area contributed by atoms with Gasteiger partial charge in [0.1, 0.15) is 29.9 Å². The molecule has 16 nitrogen and oxygen atoms in total. The number of aliphatic carboxylic acids is 2. The number of carbonyl (C=O) groups is 2. The smallest absolute Gasteiger partial charge is 0.548 e. The van der Waals surface area contributed by atoms with Gasteiger partial charge in [-0.25, -0.2) is 22.4 Å². The maximum atomic E-state index is 15.8. The van der Waals surface area contributed by atoms with Gasteiger partial charge >= 0.3 is 47.9 Å². The van der Waals surface area contributed by atoms with Crippen LogP contribution in [0.5, 0.6) is 11.5 Å². The third kappa shape index (κ3) is 15.9. The predicted octanol–water partition coefficient (Wildman–Crippen LogP) is 7.91. The van der Waals surface area contributed by atoms with E-state index in [2.05, 4.69) is 21.3 Å². The van der Waals surface area contributed by atoms with Crippen molar-refractivity contribution in [3.8, 4) is 33.8 Å². The number of halogens is 10. The van der Waals surface area contributed by atoms with E-state index in [1.54, 1.807) is 36.4 Å². The van der Waals surface area contributed by atoms with Crippen molar-refractivity contribution in [3.05, 3.63) is 233 Å². The molecule has 5 N–H and O–H groups in total. The summed E-state index contributed by atoms with van der Waals surface area (Å²) in [6.07, 6.45) is -10.8. The van der Waals surface area contributed by atoms with E-state index in [0.29, 0.717) is 0 Å². The molecule has 10 rings (SSSR count). The second kappa shape index (κ2) is 31.4. The maximum absolute atomic E-state index is 15.8. The van der Waals surface area contributed by atoms with Crippen LogP contribution in [-0.2, 0) is 44.3 Å². The second-order valence-electron chi connectivity index (χ2n) is 22.0. The molecule has 0 amide bonds. The van der Waals surface area contributed by atoms with Crippen molar-refractivity contribution in [1.29, 1.82) is 0 Å². The number of alkyl halides is 6. The van der Waals surface area contributed by atoms with Gasteiger partial charge in [-0.1, -0.05) is 97.1 Å². The number of fused-ring (bicyclic) bond motifs is 2. The molecule has 0 saturated carbocycles. The number of benzene rings is 6. The second-order valence-corrected chi connectivity index (χ2v) is 22.0. The van der Waals surface area contributed by atoms with Crippen LogP contribution in [0.4, 0.5) is 55.5 Å². The minimum absolute atomic E-state index is 0. The normalized spacial score (nSPS) is 14.7. The first kappa shape index (κ1) is 72.3. The Bertz CT molecular complexity index is 3930. The first-order valence-corrected chi connectivity index (χ1v) is 29.4. The van der Waals surface area contributed by atoms with Gasteiger partial charge in [-0.2, -0.15) is 26.3 Å². The van der Waals surface area contributed by atoms with Crippen LogP contribution in [0.3, 0.4) is 0 Å². The van der Waals surface area contributed by atoms with Gasteiger partial charge in [-0.3, -0.25) is 18.7 Å². The molecule has 0 aliphatic carbocycles. The van der Waals surface area contributed by atoms with Gasteiger partial charge in [0, 0.05) is 72.4 Å². The number of hydrogen-bond acceptors (Lipinski definition) is 13. The zero-order valence-electron chi connectivity index (χ0n) is 51.9. The third-order valence-electron chi connectivity index (χ3n) is 16.4. The van der Waals surface area contributed by atoms with Crippen molar-refractivity contribution in [3.63, 3.8) is 0 Å². The van der Waals surface area contributed by atoms with E-state index in [0.717, 1.165) is 47.5 Å². The van der Waals surface area contributed by atoms with E-state index in [9.17, 15) is 50.6 Å². The summed E-state index contributed by atoms with van der Waals surface area (Å²) in [6, 6.07) is 29.4. The molecule has 8 aromatic rings. The van der Waals surface area contributed by atoms with Gasteiger partial charge in [0.25, 0.3) is 11.1 Å². The van der Waals surface area contributed by atoms with Crippen LogP contribution in [0.2, 0.25) is 0 Å². The van der Waals surface area contributed by atoms with Crippen LogP contribution < -0.4 is 76.5 Å². The Morgan fingerprint density at radius 2 is 0.947 bits per heavy atom. The van der Waals surface area contributed by atoms with Crippen molar-refractivity contribution in [1.82, 2.24) is 19.8 Å². The standard InChI is InChI=1S/2C34H32F5N3O5.Na/c2*1-19-22(16-23-24(34(37,38)39)11-7-12-25(23)35)32-41-17-26(31(20-8-4-3-5-9-20)40-14-15-47-18-28(43)44)42(32)33(45)29(19)21-10-6-13-27(46-2)30(21)36;/h2*3-13,26,31,40-41H,14-18H2,1-2H3,(H,43,44);/q;;+1/p-1/t26-,31?;;/m0../s1. The van der Waals surface area contributed by atoms with E-state index in [4.69, 9.17) is 24.1 Å². The molecule has 0 bridgehead atoms. The molecule has 6 aromatic carbocycles. The largest absolute Gasteiger partial charge is 1.00 e.